The second-order valence-corrected chi connectivity index (χ2v) is 7.32. The van der Waals surface area contributed by atoms with Crippen molar-refractivity contribution in [3.63, 3.8) is 0 Å². The van der Waals surface area contributed by atoms with Gasteiger partial charge in [-0.05, 0) is 54.8 Å². The average Bonchev–Trinajstić information content (AvgIpc) is 3.27. The van der Waals surface area contributed by atoms with Gasteiger partial charge in [0.15, 0.2) is 0 Å². The van der Waals surface area contributed by atoms with Gasteiger partial charge in [-0.15, -0.1) is 0 Å². The number of anilines is 1. The van der Waals surface area contributed by atoms with Crippen LogP contribution in [0.5, 0.6) is 5.75 Å². The third kappa shape index (κ3) is 2.83. The van der Waals surface area contributed by atoms with Gasteiger partial charge in [0.05, 0.1) is 23.4 Å². The molecule has 0 atom stereocenters. The quantitative estimate of drug-likeness (QED) is 0.532. The topological polar surface area (TPSA) is 88.3 Å². The van der Waals surface area contributed by atoms with E-state index >= 15 is 0 Å². The van der Waals surface area contributed by atoms with Crippen LogP contribution in [0.3, 0.4) is 0 Å². The van der Waals surface area contributed by atoms with Gasteiger partial charge in [0.1, 0.15) is 16.8 Å². The molecule has 2 amide bonds. The fraction of sp³-hybridized carbons (Fsp3) is 0.130. The van der Waals surface area contributed by atoms with Crippen LogP contribution in [0.2, 0.25) is 0 Å². The highest BCUT2D eigenvalue weighted by Crippen LogP contribution is 2.37. The Morgan fingerprint density at radius 1 is 0.867 bits per heavy atom. The molecular formula is C23H18N4O3. The third-order valence-corrected chi connectivity index (χ3v) is 5.26. The van der Waals surface area contributed by atoms with Gasteiger partial charge >= 0.3 is 0 Å². The van der Waals surface area contributed by atoms with Gasteiger partial charge in [-0.1, -0.05) is 30.3 Å². The maximum absolute atomic E-state index is 12.8. The Bertz CT molecular complexity index is 1260. The van der Waals surface area contributed by atoms with Gasteiger partial charge in [0.25, 0.3) is 11.8 Å². The molecule has 30 heavy (non-hydrogen) atoms. The SMILES string of the molecule is Cc1cc(CCn2nc3ccccc3n2)c(O)c(N2C(=O)c3ccccc3C2=O)c1. The first-order valence-electron chi connectivity index (χ1n) is 9.63. The maximum atomic E-state index is 12.8. The van der Waals surface area contributed by atoms with Gasteiger partial charge in [0.2, 0.25) is 0 Å². The zero-order valence-corrected chi connectivity index (χ0v) is 16.2. The summed E-state index contributed by atoms with van der Waals surface area (Å²) in [6, 6.07) is 17.8. The lowest BCUT2D eigenvalue weighted by Gasteiger charge is -2.18. The second kappa shape index (κ2) is 6.81. The van der Waals surface area contributed by atoms with Crippen molar-refractivity contribution in [3.8, 4) is 5.75 Å². The molecule has 5 rings (SSSR count). The molecule has 7 nitrogen and oxygen atoms in total. The van der Waals surface area contributed by atoms with Gasteiger partial charge < -0.3 is 5.11 Å². The number of amides is 2. The van der Waals surface area contributed by atoms with Gasteiger partial charge in [-0.25, -0.2) is 4.90 Å². The normalized spacial score (nSPS) is 13.3. The van der Waals surface area contributed by atoms with Crippen LogP contribution >= 0.6 is 0 Å². The second-order valence-electron chi connectivity index (χ2n) is 7.32. The smallest absolute Gasteiger partial charge is 0.266 e. The number of imide groups is 1. The van der Waals surface area contributed by atoms with Gasteiger partial charge in [-0.3, -0.25) is 9.59 Å². The summed E-state index contributed by atoms with van der Waals surface area (Å²) >= 11 is 0. The van der Waals surface area contributed by atoms with E-state index in [0.717, 1.165) is 21.5 Å². The summed E-state index contributed by atoms with van der Waals surface area (Å²) in [6.45, 7) is 2.32. The molecule has 1 aliphatic heterocycles. The van der Waals surface area contributed by atoms with Crippen LogP contribution in [0.1, 0.15) is 31.8 Å². The number of nitrogens with zero attached hydrogens (tertiary/aromatic N) is 4. The Labute approximate surface area is 172 Å². The largest absolute Gasteiger partial charge is 0.505 e. The lowest BCUT2D eigenvalue weighted by atomic mass is 10.0. The minimum Gasteiger partial charge on any atom is -0.505 e. The molecule has 4 aromatic rings. The van der Waals surface area contributed by atoms with E-state index in [1.54, 1.807) is 35.1 Å². The lowest BCUT2D eigenvalue weighted by Crippen LogP contribution is -2.29. The summed E-state index contributed by atoms with van der Waals surface area (Å²) in [6.07, 6.45) is 0.449. The first-order valence-corrected chi connectivity index (χ1v) is 9.63. The third-order valence-electron chi connectivity index (χ3n) is 5.26. The van der Waals surface area contributed by atoms with E-state index in [1.165, 1.54) is 0 Å². The number of aromatic hydroxyl groups is 1. The zero-order valence-electron chi connectivity index (χ0n) is 16.2. The van der Waals surface area contributed by atoms with Crippen molar-refractivity contribution in [2.75, 3.05) is 4.90 Å². The zero-order chi connectivity index (χ0) is 20.8. The number of carbonyl (C=O) groups excluding carboxylic acids is 2. The number of aromatic nitrogens is 3. The molecule has 7 heteroatoms. The van der Waals surface area contributed by atoms with E-state index in [2.05, 4.69) is 10.2 Å². The number of carbonyl (C=O) groups is 2. The Morgan fingerprint density at radius 2 is 1.43 bits per heavy atom. The molecule has 2 heterocycles. The minimum atomic E-state index is -0.428. The summed E-state index contributed by atoms with van der Waals surface area (Å²) < 4.78 is 0. The maximum Gasteiger partial charge on any atom is 0.266 e. The van der Waals surface area contributed by atoms with Crippen molar-refractivity contribution >= 4 is 28.5 Å². The first-order chi connectivity index (χ1) is 14.5. The van der Waals surface area contributed by atoms with Crippen molar-refractivity contribution in [1.82, 2.24) is 15.0 Å². The molecule has 0 saturated heterocycles. The number of fused-ring (bicyclic) bond motifs is 2. The molecule has 0 saturated carbocycles. The summed E-state index contributed by atoms with van der Waals surface area (Å²) in [5.74, 6) is -0.934. The Balaban J connectivity index is 1.47. The van der Waals surface area contributed by atoms with Crippen LogP contribution in [0.15, 0.2) is 60.7 Å². The molecule has 1 aromatic heterocycles. The van der Waals surface area contributed by atoms with Crippen LogP contribution in [0.4, 0.5) is 5.69 Å². The summed E-state index contributed by atoms with van der Waals surface area (Å²) in [5.41, 5.74) is 3.97. The molecule has 1 aliphatic rings. The Morgan fingerprint density at radius 3 is 2.03 bits per heavy atom. The van der Waals surface area contributed by atoms with Crippen molar-refractivity contribution in [3.05, 3.63) is 82.9 Å². The number of phenolic OH excluding ortho intramolecular Hbond substituents is 1. The predicted molar refractivity (Wildman–Crippen MR) is 112 cm³/mol. The number of hydrogen-bond donors (Lipinski definition) is 1. The van der Waals surface area contributed by atoms with E-state index in [4.69, 9.17) is 0 Å². The van der Waals surface area contributed by atoms with E-state index in [-0.39, 0.29) is 11.4 Å². The molecule has 0 spiro atoms. The predicted octanol–water partition coefficient (Wildman–Crippen LogP) is 3.49. The lowest BCUT2D eigenvalue weighted by molar-refractivity contribution is 0.0925. The van der Waals surface area contributed by atoms with E-state index in [1.807, 2.05) is 37.3 Å². The van der Waals surface area contributed by atoms with Gasteiger partial charge in [0, 0.05) is 0 Å². The molecule has 1 N–H and O–H groups in total. The average molecular weight is 398 g/mol. The molecule has 0 unspecified atom stereocenters. The minimum absolute atomic E-state index is 0.0770. The summed E-state index contributed by atoms with van der Waals surface area (Å²) in [7, 11) is 0. The van der Waals surface area contributed by atoms with Crippen molar-refractivity contribution < 1.29 is 14.7 Å². The van der Waals surface area contributed by atoms with E-state index in [9.17, 15) is 14.7 Å². The molecule has 0 aliphatic carbocycles. The molecule has 0 bridgehead atoms. The Kier molecular flexibility index (Phi) is 4.10. The fourth-order valence-corrected chi connectivity index (χ4v) is 3.83. The standard InChI is InChI=1S/C23H18N4O3/c1-14-12-15(10-11-26-24-18-8-4-5-9-19(18)25-26)21(28)20(13-14)27-22(29)16-6-2-3-7-17(16)23(27)30/h2-9,12-13,28H,10-11H2,1H3. The number of aryl methyl sites for hydroxylation is 3. The van der Waals surface area contributed by atoms with E-state index < -0.39 is 11.8 Å². The van der Waals surface area contributed by atoms with Crippen LogP contribution in [0, 0.1) is 6.92 Å². The van der Waals surface area contributed by atoms with Crippen molar-refractivity contribution in [2.24, 2.45) is 0 Å². The highest BCUT2D eigenvalue weighted by molar-refractivity contribution is 6.34. The first kappa shape index (κ1) is 18.1. The van der Waals surface area contributed by atoms with Gasteiger partial charge in [-0.2, -0.15) is 15.0 Å². The van der Waals surface area contributed by atoms with Crippen LogP contribution in [0.25, 0.3) is 11.0 Å². The highest BCUT2D eigenvalue weighted by atomic mass is 16.3. The monoisotopic (exact) mass is 398 g/mol. The fourth-order valence-electron chi connectivity index (χ4n) is 3.83. The Hall–Kier alpha value is -4.00. The number of hydrogen-bond acceptors (Lipinski definition) is 5. The molecule has 3 aromatic carbocycles. The number of phenols is 1. The van der Waals surface area contributed by atoms with Crippen LogP contribution in [-0.4, -0.2) is 31.9 Å². The van der Waals surface area contributed by atoms with Crippen molar-refractivity contribution in [2.45, 2.75) is 19.9 Å². The molecule has 0 radical (unpaired) electrons. The molecular weight excluding hydrogens is 380 g/mol. The molecule has 148 valence electrons. The number of benzene rings is 3. The van der Waals surface area contributed by atoms with E-state index in [0.29, 0.717) is 29.7 Å². The number of rotatable bonds is 4. The highest BCUT2D eigenvalue weighted by Gasteiger charge is 2.38. The van der Waals surface area contributed by atoms with Crippen molar-refractivity contribution in [1.29, 1.82) is 0 Å². The van der Waals surface area contributed by atoms with Crippen LogP contribution < -0.4 is 4.90 Å². The summed E-state index contributed by atoms with van der Waals surface area (Å²) in [5, 5.41) is 19.8. The molecule has 0 fully saturated rings. The van der Waals surface area contributed by atoms with Crippen LogP contribution in [-0.2, 0) is 13.0 Å². The summed E-state index contributed by atoms with van der Waals surface area (Å²) in [4.78, 5) is 28.3.